The number of aliphatic hydroxyl groups is 1. The zero-order valence-electron chi connectivity index (χ0n) is 20.1. The monoisotopic (exact) mass is 487 g/mol. The topological polar surface area (TPSA) is 85.3 Å². The lowest BCUT2D eigenvalue weighted by Gasteiger charge is -2.26. The van der Waals surface area contributed by atoms with Crippen molar-refractivity contribution < 1.29 is 28.9 Å². The molecule has 1 fully saturated rings. The Morgan fingerprint density at radius 2 is 1.71 bits per heavy atom. The number of Topliss-reactive ketones (excluding diaryl/α,β-unsaturated/α-hetero) is 1. The van der Waals surface area contributed by atoms with Gasteiger partial charge in [0.1, 0.15) is 17.3 Å². The highest BCUT2D eigenvalue weighted by atomic mass is 35.5. The van der Waals surface area contributed by atoms with Crippen molar-refractivity contribution in [3.05, 3.63) is 63.7 Å². The quantitative estimate of drug-likeness (QED) is 0.233. The predicted octanol–water partition coefficient (Wildman–Crippen LogP) is 4.94. The number of ether oxygens (including phenoxy) is 3. The summed E-state index contributed by atoms with van der Waals surface area (Å²) in [4.78, 5) is 27.7. The third kappa shape index (κ3) is 4.91. The maximum Gasteiger partial charge on any atom is 0.295 e. The molecule has 1 aliphatic heterocycles. The summed E-state index contributed by atoms with van der Waals surface area (Å²) >= 11 is 6.21. The SMILES string of the molecule is COCCCN1C(=O)C(=O)/C(=C(/O)c2cc(OC)c(Cl)cc2OC)C1c1ccc(C(C)C)cc1. The largest absolute Gasteiger partial charge is 0.507 e. The summed E-state index contributed by atoms with van der Waals surface area (Å²) in [6, 6.07) is 9.96. The van der Waals surface area contributed by atoms with Crippen LogP contribution in [0.15, 0.2) is 42.0 Å². The standard InChI is InChI=1S/C26H30ClNO6/c1-15(2)16-7-9-17(10-8-16)23-22(25(30)26(31)28(23)11-6-12-32-3)24(29)18-13-21(34-5)19(27)14-20(18)33-4/h7-10,13-15,23,29H,6,11-12H2,1-5H3/b24-22+. The average molecular weight is 488 g/mol. The lowest BCUT2D eigenvalue weighted by Crippen LogP contribution is -2.31. The van der Waals surface area contributed by atoms with E-state index in [1.54, 1.807) is 7.11 Å². The number of nitrogens with zero attached hydrogens (tertiary/aromatic N) is 1. The fraction of sp³-hybridized carbons (Fsp3) is 0.385. The van der Waals surface area contributed by atoms with Gasteiger partial charge in [0.25, 0.3) is 11.7 Å². The minimum absolute atomic E-state index is 0.0117. The number of aliphatic hydroxyl groups excluding tert-OH is 1. The molecule has 1 amide bonds. The molecular formula is C26H30ClNO6. The average Bonchev–Trinajstić information content (AvgIpc) is 3.08. The predicted molar refractivity (Wildman–Crippen MR) is 131 cm³/mol. The Morgan fingerprint density at radius 3 is 2.26 bits per heavy atom. The fourth-order valence-electron chi connectivity index (χ4n) is 4.09. The van der Waals surface area contributed by atoms with E-state index in [0.717, 1.165) is 11.1 Å². The molecule has 34 heavy (non-hydrogen) atoms. The number of benzene rings is 2. The van der Waals surface area contributed by atoms with Gasteiger partial charge in [0.2, 0.25) is 0 Å². The molecule has 0 aliphatic carbocycles. The van der Waals surface area contributed by atoms with E-state index in [9.17, 15) is 14.7 Å². The van der Waals surface area contributed by atoms with Crippen LogP contribution in [0.25, 0.3) is 5.76 Å². The number of halogens is 1. The van der Waals surface area contributed by atoms with Crippen LogP contribution >= 0.6 is 11.6 Å². The minimum atomic E-state index is -0.760. The normalized spacial score (nSPS) is 17.5. The number of rotatable bonds is 9. The van der Waals surface area contributed by atoms with Gasteiger partial charge in [-0.15, -0.1) is 0 Å². The van der Waals surface area contributed by atoms with Gasteiger partial charge in [-0.3, -0.25) is 9.59 Å². The second-order valence-corrected chi connectivity index (χ2v) is 8.75. The summed E-state index contributed by atoms with van der Waals surface area (Å²) in [7, 11) is 4.46. The molecule has 182 valence electrons. The van der Waals surface area contributed by atoms with Crippen LogP contribution < -0.4 is 9.47 Å². The Morgan fingerprint density at radius 1 is 1.06 bits per heavy atom. The van der Waals surface area contributed by atoms with Crippen LogP contribution in [0.1, 0.15) is 48.9 Å². The highest BCUT2D eigenvalue weighted by Crippen LogP contribution is 2.43. The molecule has 1 heterocycles. The lowest BCUT2D eigenvalue weighted by atomic mass is 9.93. The summed E-state index contributed by atoms with van der Waals surface area (Å²) in [5.74, 6) is -0.900. The number of carbonyl (C=O) groups excluding carboxylic acids is 2. The van der Waals surface area contributed by atoms with Crippen molar-refractivity contribution in [3.8, 4) is 11.5 Å². The van der Waals surface area contributed by atoms with Crippen LogP contribution in [0.2, 0.25) is 5.02 Å². The Bertz CT molecular complexity index is 1090. The molecule has 1 atom stereocenters. The molecule has 7 nitrogen and oxygen atoms in total. The summed E-state index contributed by atoms with van der Waals surface area (Å²) in [5.41, 5.74) is 2.05. The lowest BCUT2D eigenvalue weighted by molar-refractivity contribution is -0.140. The Balaban J connectivity index is 2.20. The molecule has 0 radical (unpaired) electrons. The molecule has 8 heteroatoms. The zero-order valence-corrected chi connectivity index (χ0v) is 20.8. The van der Waals surface area contributed by atoms with Crippen molar-refractivity contribution in [1.82, 2.24) is 4.90 Å². The van der Waals surface area contributed by atoms with Gasteiger partial charge in [-0.1, -0.05) is 49.7 Å². The number of ketones is 1. The summed E-state index contributed by atoms with van der Waals surface area (Å²) in [5, 5.41) is 11.7. The van der Waals surface area contributed by atoms with Crippen molar-refractivity contribution in [2.24, 2.45) is 0 Å². The first kappa shape index (κ1) is 25.6. The van der Waals surface area contributed by atoms with E-state index >= 15 is 0 Å². The first-order valence-corrected chi connectivity index (χ1v) is 11.4. The van der Waals surface area contributed by atoms with Gasteiger partial charge in [-0.05, 0) is 29.5 Å². The number of methoxy groups -OCH3 is 3. The van der Waals surface area contributed by atoms with Crippen LogP contribution in [-0.2, 0) is 14.3 Å². The molecule has 0 saturated carbocycles. The van der Waals surface area contributed by atoms with E-state index in [0.29, 0.717) is 31.2 Å². The molecule has 0 spiro atoms. The molecule has 1 saturated heterocycles. The van der Waals surface area contributed by atoms with E-state index in [2.05, 4.69) is 13.8 Å². The first-order chi connectivity index (χ1) is 16.2. The molecule has 1 N–H and O–H groups in total. The first-order valence-electron chi connectivity index (χ1n) is 11.0. The van der Waals surface area contributed by atoms with Crippen molar-refractivity contribution in [1.29, 1.82) is 0 Å². The van der Waals surface area contributed by atoms with E-state index < -0.39 is 17.7 Å². The summed E-state index contributed by atoms with van der Waals surface area (Å²) < 4.78 is 15.8. The molecule has 1 aliphatic rings. The minimum Gasteiger partial charge on any atom is -0.507 e. The van der Waals surface area contributed by atoms with Crippen molar-refractivity contribution >= 4 is 29.1 Å². The van der Waals surface area contributed by atoms with Crippen LogP contribution in [0, 0.1) is 0 Å². The van der Waals surface area contributed by atoms with Gasteiger partial charge in [0.05, 0.1) is 36.4 Å². The molecule has 0 bridgehead atoms. The Kier molecular flexibility index (Phi) is 8.23. The van der Waals surface area contributed by atoms with Crippen LogP contribution in [0.4, 0.5) is 0 Å². The molecule has 0 aromatic heterocycles. The summed E-state index contributed by atoms with van der Waals surface area (Å²) in [6.07, 6.45) is 0.544. The number of hydrogen-bond donors (Lipinski definition) is 1. The van der Waals surface area contributed by atoms with Crippen molar-refractivity contribution in [2.45, 2.75) is 32.2 Å². The molecule has 2 aromatic rings. The number of carbonyl (C=O) groups is 2. The van der Waals surface area contributed by atoms with Gasteiger partial charge < -0.3 is 24.2 Å². The summed E-state index contributed by atoms with van der Waals surface area (Å²) in [6.45, 7) is 4.91. The number of amides is 1. The number of likely N-dealkylation sites (tertiary alicyclic amines) is 1. The molecular weight excluding hydrogens is 458 g/mol. The van der Waals surface area contributed by atoms with Gasteiger partial charge in [-0.2, -0.15) is 0 Å². The second-order valence-electron chi connectivity index (χ2n) is 8.35. The maximum absolute atomic E-state index is 13.2. The third-order valence-corrected chi connectivity index (χ3v) is 6.23. The van der Waals surface area contributed by atoms with Gasteiger partial charge in [-0.25, -0.2) is 0 Å². The van der Waals surface area contributed by atoms with Crippen LogP contribution in [0.3, 0.4) is 0 Å². The molecule has 1 unspecified atom stereocenters. The zero-order chi connectivity index (χ0) is 25.0. The highest BCUT2D eigenvalue weighted by molar-refractivity contribution is 6.46. The van der Waals surface area contributed by atoms with Crippen molar-refractivity contribution in [3.63, 3.8) is 0 Å². The van der Waals surface area contributed by atoms with E-state index in [4.69, 9.17) is 25.8 Å². The van der Waals surface area contributed by atoms with Crippen LogP contribution in [0.5, 0.6) is 11.5 Å². The second kappa shape index (κ2) is 10.9. The van der Waals surface area contributed by atoms with E-state index in [1.807, 2.05) is 24.3 Å². The highest BCUT2D eigenvalue weighted by Gasteiger charge is 2.46. The van der Waals surface area contributed by atoms with Gasteiger partial charge in [0, 0.05) is 26.3 Å². The van der Waals surface area contributed by atoms with Crippen LogP contribution in [-0.4, -0.2) is 56.2 Å². The smallest absolute Gasteiger partial charge is 0.295 e. The van der Waals surface area contributed by atoms with E-state index in [1.165, 1.54) is 31.3 Å². The van der Waals surface area contributed by atoms with Gasteiger partial charge in [0.15, 0.2) is 0 Å². The third-order valence-electron chi connectivity index (χ3n) is 5.94. The Labute approximate surface area is 204 Å². The maximum atomic E-state index is 13.2. The number of hydrogen-bond acceptors (Lipinski definition) is 6. The van der Waals surface area contributed by atoms with Crippen molar-refractivity contribution in [2.75, 3.05) is 34.5 Å². The van der Waals surface area contributed by atoms with Gasteiger partial charge >= 0.3 is 0 Å². The molecule has 2 aromatic carbocycles. The Hall–Kier alpha value is -3.03. The molecule has 3 rings (SSSR count). The fourth-order valence-corrected chi connectivity index (χ4v) is 4.32. The van der Waals surface area contributed by atoms with E-state index in [-0.39, 0.29) is 27.7 Å².